The molecule has 3 saturated carbocycles. The Hall–Kier alpha value is -0.300. The fourth-order valence-corrected chi connectivity index (χ4v) is 9.16. The first kappa shape index (κ1) is 22.9. The van der Waals surface area contributed by atoms with Crippen molar-refractivity contribution in [1.29, 1.82) is 0 Å². The highest BCUT2D eigenvalue weighted by atomic mass is 16.3. The van der Waals surface area contributed by atoms with Crippen molar-refractivity contribution in [3.05, 3.63) is 11.6 Å². The Bertz CT molecular complexity index is 634. The molecule has 9 atom stereocenters. The normalized spacial score (nSPS) is 45.3. The van der Waals surface area contributed by atoms with E-state index in [4.69, 9.17) is 0 Å². The van der Waals surface area contributed by atoms with Crippen molar-refractivity contribution in [2.24, 2.45) is 52.3 Å². The molecule has 0 aromatic heterocycles. The summed E-state index contributed by atoms with van der Waals surface area (Å²) in [6.45, 7) is 15.1. The van der Waals surface area contributed by atoms with Crippen molar-refractivity contribution in [2.45, 2.75) is 118 Å². The van der Waals surface area contributed by atoms with Crippen LogP contribution in [0, 0.1) is 52.3 Å². The standard InChI is InChI=1S/C29H50O/c1-7-21(19(2)3)9-8-20(4)25-12-13-26-24-11-10-22-18-23(30)14-16-28(22,5)27(24)15-17-29(25,26)6/h15,19-26,30H,7-14,16-18H2,1-6H3. The van der Waals surface area contributed by atoms with Crippen LogP contribution in [0.15, 0.2) is 11.6 Å². The summed E-state index contributed by atoms with van der Waals surface area (Å²) < 4.78 is 0. The van der Waals surface area contributed by atoms with E-state index in [1.54, 1.807) is 0 Å². The van der Waals surface area contributed by atoms with Crippen LogP contribution in [0.1, 0.15) is 112 Å². The molecule has 4 rings (SSSR count). The molecule has 172 valence electrons. The van der Waals surface area contributed by atoms with Gasteiger partial charge in [-0.3, -0.25) is 0 Å². The van der Waals surface area contributed by atoms with Gasteiger partial charge in [0, 0.05) is 0 Å². The molecule has 0 aliphatic heterocycles. The zero-order valence-electron chi connectivity index (χ0n) is 20.9. The van der Waals surface area contributed by atoms with Crippen LogP contribution in [-0.2, 0) is 0 Å². The van der Waals surface area contributed by atoms with Crippen LogP contribution in [0.4, 0.5) is 0 Å². The molecule has 0 aromatic rings. The lowest BCUT2D eigenvalue weighted by Crippen LogP contribution is -2.48. The summed E-state index contributed by atoms with van der Waals surface area (Å²) in [5, 5.41) is 10.3. The average Bonchev–Trinajstić information content (AvgIpc) is 3.06. The van der Waals surface area contributed by atoms with Crippen molar-refractivity contribution in [2.75, 3.05) is 0 Å². The summed E-state index contributed by atoms with van der Waals surface area (Å²) in [6.07, 6.45) is 17.2. The quantitative estimate of drug-likeness (QED) is 0.436. The van der Waals surface area contributed by atoms with Gasteiger partial charge in [0.1, 0.15) is 0 Å². The van der Waals surface area contributed by atoms with Gasteiger partial charge >= 0.3 is 0 Å². The highest BCUT2D eigenvalue weighted by molar-refractivity contribution is 5.29. The fraction of sp³-hybridized carbons (Fsp3) is 0.931. The summed E-state index contributed by atoms with van der Waals surface area (Å²) in [5.41, 5.74) is 2.76. The molecule has 4 aliphatic carbocycles. The van der Waals surface area contributed by atoms with E-state index in [1.165, 1.54) is 57.8 Å². The highest BCUT2D eigenvalue weighted by Gasteiger charge is 2.57. The third kappa shape index (κ3) is 3.74. The van der Waals surface area contributed by atoms with Crippen LogP contribution >= 0.6 is 0 Å². The van der Waals surface area contributed by atoms with Crippen LogP contribution in [0.3, 0.4) is 0 Å². The van der Waals surface area contributed by atoms with E-state index in [-0.39, 0.29) is 6.10 Å². The molecule has 1 heteroatoms. The van der Waals surface area contributed by atoms with Gasteiger partial charge in [-0.05, 0) is 110 Å². The first-order valence-corrected chi connectivity index (χ1v) is 13.6. The lowest BCUT2D eigenvalue weighted by Gasteiger charge is -2.57. The second kappa shape index (κ2) is 8.57. The first-order chi connectivity index (χ1) is 14.2. The van der Waals surface area contributed by atoms with Crippen molar-refractivity contribution in [1.82, 2.24) is 0 Å². The summed E-state index contributed by atoms with van der Waals surface area (Å²) in [7, 11) is 0. The van der Waals surface area contributed by atoms with Gasteiger partial charge in [-0.1, -0.05) is 66.0 Å². The lowest BCUT2D eigenvalue weighted by atomic mass is 9.48. The van der Waals surface area contributed by atoms with Crippen LogP contribution in [0.2, 0.25) is 0 Å². The van der Waals surface area contributed by atoms with E-state index >= 15 is 0 Å². The molecule has 1 nitrogen and oxygen atoms in total. The Morgan fingerprint density at radius 2 is 1.80 bits per heavy atom. The van der Waals surface area contributed by atoms with Crippen LogP contribution in [-0.4, -0.2) is 11.2 Å². The zero-order chi connectivity index (χ0) is 21.7. The molecule has 0 bridgehead atoms. The predicted molar refractivity (Wildman–Crippen MR) is 128 cm³/mol. The molecule has 9 unspecified atom stereocenters. The number of allylic oxidation sites excluding steroid dienone is 2. The Balaban J connectivity index is 1.49. The fourth-order valence-electron chi connectivity index (χ4n) is 9.16. The minimum Gasteiger partial charge on any atom is -0.393 e. The molecule has 0 spiro atoms. The third-order valence-electron chi connectivity index (χ3n) is 11.2. The van der Waals surface area contributed by atoms with Gasteiger partial charge in [0.25, 0.3) is 0 Å². The highest BCUT2D eigenvalue weighted by Crippen LogP contribution is 2.66. The van der Waals surface area contributed by atoms with Crippen molar-refractivity contribution < 1.29 is 5.11 Å². The minimum absolute atomic E-state index is 0.0384. The lowest BCUT2D eigenvalue weighted by molar-refractivity contribution is -0.0160. The van der Waals surface area contributed by atoms with Gasteiger partial charge < -0.3 is 5.11 Å². The zero-order valence-corrected chi connectivity index (χ0v) is 20.9. The maximum Gasteiger partial charge on any atom is 0.0543 e. The topological polar surface area (TPSA) is 20.2 Å². The van der Waals surface area contributed by atoms with Gasteiger partial charge in [-0.2, -0.15) is 0 Å². The van der Waals surface area contributed by atoms with Crippen molar-refractivity contribution >= 4 is 0 Å². The summed E-state index contributed by atoms with van der Waals surface area (Å²) in [6, 6.07) is 0. The molecule has 0 radical (unpaired) electrons. The average molecular weight is 415 g/mol. The maximum absolute atomic E-state index is 10.3. The molecule has 3 fully saturated rings. The van der Waals surface area contributed by atoms with Crippen LogP contribution < -0.4 is 0 Å². The van der Waals surface area contributed by atoms with E-state index < -0.39 is 0 Å². The second-order valence-electron chi connectivity index (χ2n) is 12.9. The van der Waals surface area contributed by atoms with Crippen molar-refractivity contribution in [3.8, 4) is 0 Å². The minimum atomic E-state index is -0.0384. The summed E-state index contributed by atoms with van der Waals surface area (Å²) >= 11 is 0. The maximum atomic E-state index is 10.3. The molecular weight excluding hydrogens is 364 g/mol. The first-order valence-electron chi connectivity index (χ1n) is 13.6. The van der Waals surface area contributed by atoms with Crippen LogP contribution in [0.25, 0.3) is 0 Å². The number of hydrogen-bond donors (Lipinski definition) is 1. The Morgan fingerprint density at radius 3 is 2.50 bits per heavy atom. The Morgan fingerprint density at radius 1 is 1.03 bits per heavy atom. The Labute approximate surface area is 187 Å². The van der Waals surface area contributed by atoms with E-state index in [9.17, 15) is 5.11 Å². The van der Waals surface area contributed by atoms with E-state index in [0.29, 0.717) is 10.8 Å². The Kier molecular flexibility index (Phi) is 6.53. The van der Waals surface area contributed by atoms with E-state index in [0.717, 1.165) is 54.3 Å². The van der Waals surface area contributed by atoms with E-state index in [1.807, 2.05) is 5.57 Å². The number of hydrogen-bond acceptors (Lipinski definition) is 1. The molecule has 4 aliphatic rings. The summed E-state index contributed by atoms with van der Waals surface area (Å²) in [4.78, 5) is 0. The molecular formula is C29H50O. The van der Waals surface area contributed by atoms with Gasteiger partial charge in [0.2, 0.25) is 0 Å². The number of aliphatic hydroxyl groups is 1. The van der Waals surface area contributed by atoms with Gasteiger partial charge in [0.15, 0.2) is 0 Å². The number of aliphatic hydroxyl groups excluding tert-OH is 1. The number of rotatable bonds is 6. The predicted octanol–water partition coefficient (Wildman–Crippen LogP) is 8.02. The second-order valence-corrected chi connectivity index (χ2v) is 12.9. The van der Waals surface area contributed by atoms with Crippen LogP contribution in [0.5, 0.6) is 0 Å². The smallest absolute Gasteiger partial charge is 0.0543 e. The van der Waals surface area contributed by atoms with Gasteiger partial charge in [-0.25, -0.2) is 0 Å². The SMILES string of the molecule is CCC(CCC(C)C1CCC2C3CCC4CC(O)CCC4(C)C3=CCC12C)C(C)C. The van der Waals surface area contributed by atoms with Gasteiger partial charge in [0.05, 0.1) is 6.10 Å². The molecule has 0 aromatic carbocycles. The monoisotopic (exact) mass is 414 g/mol. The summed E-state index contributed by atoms with van der Waals surface area (Å²) in [5.74, 6) is 6.03. The molecule has 30 heavy (non-hydrogen) atoms. The number of fused-ring (bicyclic) bond motifs is 5. The molecule has 0 saturated heterocycles. The third-order valence-corrected chi connectivity index (χ3v) is 11.2. The molecule has 0 heterocycles. The molecule has 1 N–H and O–H groups in total. The van der Waals surface area contributed by atoms with Crippen molar-refractivity contribution in [3.63, 3.8) is 0 Å². The molecule has 0 amide bonds. The van der Waals surface area contributed by atoms with Gasteiger partial charge in [-0.15, -0.1) is 0 Å². The largest absolute Gasteiger partial charge is 0.393 e. The van der Waals surface area contributed by atoms with E-state index in [2.05, 4.69) is 47.6 Å².